The first-order valence-corrected chi connectivity index (χ1v) is 8.49. The van der Waals surface area contributed by atoms with Crippen LogP contribution < -0.4 is 5.56 Å². The Labute approximate surface area is 143 Å². The first-order chi connectivity index (χ1) is 11.4. The van der Waals surface area contributed by atoms with Gasteiger partial charge in [-0.3, -0.25) is 9.36 Å². The normalized spacial score (nSPS) is 12.2. The molecule has 1 unspecified atom stereocenters. The van der Waals surface area contributed by atoms with E-state index in [-0.39, 0.29) is 5.56 Å². The fourth-order valence-corrected chi connectivity index (χ4v) is 3.31. The van der Waals surface area contributed by atoms with E-state index in [9.17, 15) is 14.4 Å². The van der Waals surface area contributed by atoms with Crippen molar-refractivity contribution in [1.82, 2.24) is 9.55 Å². The third-order valence-corrected chi connectivity index (χ3v) is 4.93. The third kappa shape index (κ3) is 3.33. The van der Waals surface area contributed by atoms with Crippen molar-refractivity contribution in [3.05, 3.63) is 27.1 Å². The van der Waals surface area contributed by atoms with Crippen molar-refractivity contribution in [3.8, 4) is 0 Å². The van der Waals surface area contributed by atoms with Crippen LogP contribution in [0, 0.1) is 6.92 Å². The summed E-state index contributed by atoms with van der Waals surface area (Å²) in [6.45, 7) is 5.58. The lowest BCUT2D eigenvalue weighted by molar-refractivity contribution is -0.147. The van der Waals surface area contributed by atoms with E-state index in [2.05, 4.69) is 4.98 Å². The van der Waals surface area contributed by atoms with Gasteiger partial charge in [0.15, 0.2) is 0 Å². The Balaban J connectivity index is 2.41. The lowest BCUT2D eigenvalue weighted by atomic mass is 10.2. The number of methoxy groups -OCH3 is 1. The molecule has 2 aromatic heterocycles. The fraction of sp³-hybridized carbons (Fsp3) is 0.500. The van der Waals surface area contributed by atoms with Crippen LogP contribution in [-0.2, 0) is 14.3 Å². The van der Waals surface area contributed by atoms with Gasteiger partial charge in [0, 0.05) is 0 Å². The number of hydrogen-bond donors (Lipinski definition) is 0. The smallest absolute Gasteiger partial charge is 0.348 e. The van der Waals surface area contributed by atoms with Crippen LogP contribution in [0.15, 0.2) is 11.1 Å². The number of aryl methyl sites for hydroxylation is 1. The Bertz CT molecular complexity index is 824. The van der Waals surface area contributed by atoms with Gasteiger partial charge in [-0.25, -0.2) is 14.6 Å². The van der Waals surface area contributed by atoms with Crippen LogP contribution in [0.3, 0.4) is 0 Å². The second kappa shape index (κ2) is 7.57. The molecule has 2 rings (SSSR count). The van der Waals surface area contributed by atoms with Crippen molar-refractivity contribution >= 4 is 33.5 Å². The molecule has 0 saturated carbocycles. The Morgan fingerprint density at radius 3 is 2.75 bits per heavy atom. The zero-order chi connectivity index (χ0) is 17.9. The molecule has 2 heterocycles. The number of hydrogen-bond acceptors (Lipinski definition) is 7. The minimum absolute atomic E-state index is 0.327. The zero-order valence-corrected chi connectivity index (χ0v) is 14.9. The van der Waals surface area contributed by atoms with Crippen LogP contribution in [0.4, 0.5) is 0 Å². The second-order valence-corrected chi connectivity index (χ2v) is 6.38. The quantitative estimate of drug-likeness (QED) is 0.586. The number of carbonyl (C=O) groups excluding carboxylic acids is 2. The van der Waals surface area contributed by atoms with Crippen molar-refractivity contribution in [2.45, 2.75) is 39.7 Å². The number of thiophene rings is 1. The predicted molar refractivity (Wildman–Crippen MR) is 90.5 cm³/mol. The maximum Gasteiger partial charge on any atom is 0.348 e. The highest BCUT2D eigenvalue weighted by Gasteiger charge is 2.23. The van der Waals surface area contributed by atoms with E-state index >= 15 is 0 Å². The fourth-order valence-electron chi connectivity index (χ4n) is 2.25. The molecule has 2 aromatic rings. The number of nitrogens with zero attached hydrogens (tertiary/aromatic N) is 2. The van der Waals surface area contributed by atoms with Gasteiger partial charge in [-0.1, -0.05) is 13.3 Å². The summed E-state index contributed by atoms with van der Waals surface area (Å²) < 4.78 is 11.1. The highest BCUT2D eigenvalue weighted by Crippen LogP contribution is 2.27. The van der Waals surface area contributed by atoms with Crippen LogP contribution in [0.5, 0.6) is 0 Å². The topological polar surface area (TPSA) is 87.5 Å². The monoisotopic (exact) mass is 352 g/mol. The average molecular weight is 352 g/mol. The van der Waals surface area contributed by atoms with Crippen molar-refractivity contribution in [1.29, 1.82) is 0 Å². The number of carbonyl (C=O) groups is 2. The maximum absolute atomic E-state index is 12.7. The van der Waals surface area contributed by atoms with Crippen molar-refractivity contribution < 1.29 is 19.1 Å². The van der Waals surface area contributed by atoms with Gasteiger partial charge in [0.25, 0.3) is 5.56 Å². The molecule has 1 atom stereocenters. The first kappa shape index (κ1) is 18.1. The number of unbranched alkanes of at least 4 members (excludes halogenated alkanes) is 1. The number of rotatable bonds is 6. The summed E-state index contributed by atoms with van der Waals surface area (Å²) in [6, 6.07) is -0.785. The molecule has 0 aliphatic rings. The van der Waals surface area contributed by atoms with E-state index in [1.807, 2.05) is 6.92 Å². The van der Waals surface area contributed by atoms with Gasteiger partial charge >= 0.3 is 11.9 Å². The highest BCUT2D eigenvalue weighted by molar-refractivity contribution is 7.20. The molecule has 0 aliphatic heterocycles. The van der Waals surface area contributed by atoms with Gasteiger partial charge in [-0.2, -0.15) is 0 Å². The summed E-state index contributed by atoms with van der Waals surface area (Å²) in [5.74, 6) is -0.985. The molecule has 8 heteroatoms. The molecule has 0 aromatic carbocycles. The number of esters is 2. The van der Waals surface area contributed by atoms with E-state index in [4.69, 9.17) is 9.47 Å². The maximum atomic E-state index is 12.7. The molecule has 0 bridgehead atoms. The average Bonchev–Trinajstić information content (AvgIpc) is 2.91. The van der Waals surface area contributed by atoms with E-state index < -0.39 is 18.0 Å². The van der Waals surface area contributed by atoms with Crippen LogP contribution >= 0.6 is 11.3 Å². The van der Waals surface area contributed by atoms with E-state index in [0.717, 1.165) is 24.2 Å². The molecular formula is C16H20N2O5S. The third-order valence-electron chi connectivity index (χ3n) is 3.75. The molecule has 0 aliphatic carbocycles. The summed E-state index contributed by atoms with van der Waals surface area (Å²) in [5, 5.41) is 0.330. The lowest BCUT2D eigenvalue weighted by Crippen LogP contribution is -2.29. The van der Waals surface area contributed by atoms with E-state index in [1.165, 1.54) is 18.0 Å². The first-order valence-electron chi connectivity index (χ1n) is 7.67. The Hall–Kier alpha value is -2.22. The summed E-state index contributed by atoms with van der Waals surface area (Å²) in [6.07, 6.45) is 3.00. The molecule has 0 radical (unpaired) electrons. The van der Waals surface area contributed by atoms with Gasteiger partial charge in [-0.15, -0.1) is 11.3 Å². The van der Waals surface area contributed by atoms with Gasteiger partial charge in [0.2, 0.25) is 0 Å². The number of ether oxygens (including phenoxy) is 2. The molecule has 0 saturated heterocycles. The van der Waals surface area contributed by atoms with E-state index in [0.29, 0.717) is 27.3 Å². The molecule has 24 heavy (non-hydrogen) atoms. The molecule has 0 fully saturated rings. The van der Waals surface area contributed by atoms with Crippen molar-refractivity contribution in [2.75, 3.05) is 13.7 Å². The summed E-state index contributed by atoms with van der Waals surface area (Å²) in [4.78, 5) is 41.5. The van der Waals surface area contributed by atoms with Crippen LogP contribution in [-0.4, -0.2) is 35.2 Å². The van der Waals surface area contributed by atoms with Crippen molar-refractivity contribution in [3.63, 3.8) is 0 Å². The number of fused-ring (bicyclic) bond motifs is 1. The predicted octanol–water partition coefficient (Wildman–Crippen LogP) is 2.46. The highest BCUT2D eigenvalue weighted by atomic mass is 32.1. The SMILES string of the molecule is CCCCOC(=O)C(C)n1cnc2sc(C(=O)OC)c(C)c2c1=O. The van der Waals surface area contributed by atoms with Gasteiger partial charge in [0.1, 0.15) is 15.7 Å². The summed E-state index contributed by atoms with van der Waals surface area (Å²) in [5.41, 5.74) is 0.143. The number of aromatic nitrogens is 2. The lowest BCUT2D eigenvalue weighted by Gasteiger charge is -2.13. The Morgan fingerprint density at radius 2 is 2.12 bits per heavy atom. The van der Waals surface area contributed by atoms with Gasteiger partial charge in [-0.05, 0) is 25.8 Å². The minimum atomic E-state index is -0.785. The van der Waals surface area contributed by atoms with Crippen LogP contribution in [0.1, 0.15) is 48.0 Å². The molecule has 130 valence electrons. The standard InChI is InChI=1S/C16H20N2O5S/c1-5-6-7-23-15(20)10(3)18-8-17-13-11(14(18)19)9(2)12(24-13)16(21)22-4/h8,10H,5-7H2,1-4H3. The van der Waals surface area contributed by atoms with Gasteiger partial charge < -0.3 is 9.47 Å². The van der Waals surface area contributed by atoms with Crippen LogP contribution in [0.2, 0.25) is 0 Å². The largest absolute Gasteiger partial charge is 0.465 e. The minimum Gasteiger partial charge on any atom is -0.465 e. The molecule has 0 spiro atoms. The Morgan fingerprint density at radius 1 is 1.42 bits per heavy atom. The second-order valence-electron chi connectivity index (χ2n) is 5.38. The molecular weight excluding hydrogens is 332 g/mol. The zero-order valence-electron chi connectivity index (χ0n) is 14.1. The molecule has 0 N–H and O–H groups in total. The Kier molecular flexibility index (Phi) is 5.71. The molecule has 0 amide bonds. The molecule has 7 nitrogen and oxygen atoms in total. The van der Waals surface area contributed by atoms with E-state index in [1.54, 1.807) is 13.8 Å². The summed E-state index contributed by atoms with van der Waals surface area (Å²) >= 11 is 1.10. The summed E-state index contributed by atoms with van der Waals surface area (Å²) in [7, 11) is 1.28. The van der Waals surface area contributed by atoms with Gasteiger partial charge in [0.05, 0.1) is 25.4 Å². The van der Waals surface area contributed by atoms with Crippen molar-refractivity contribution in [2.24, 2.45) is 0 Å². The van der Waals surface area contributed by atoms with Crippen LogP contribution in [0.25, 0.3) is 10.2 Å².